The number of hydrogen-bond donors (Lipinski definition) is 0. The van der Waals surface area contributed by atoms with Crippen molar-refractivity contribution in [1.82, 2.24) is 0 Å². The van der Waals surface area contributed by atoms with Gasteiger partial charge in [-0.2, -0.15) is 0 Å². The lowest BCUT2D eigenvalue weighted by atomic mass is 10.2. The molecule has 0 aliphatic heterocycles. The van der Waals surface area contributed by atoms with Gasteiger partial charge in [0.15, 0.2) is 0 Å². The monoisotopic (exact) mass is 250 g/mol. The highest BCUT2D eigenvalue weighted by Gasteiger charge is 2.49. The van der Waals surface area contributed by atoms with Gasteiger partial charge in [-0.25, -0.2) is 0 Å². The van der Waals surface area contributed by atoms with Crippen LogP contribution >= 0.6 is 0 Å². The van der Waals surface area contributed by atoms with Gasteiger partial charge in [0.05, 0.1) is 0 Å². The first kappa shape index (κ1) is 14.2. The summed E-state index contributed by atoms with van der Waals surface area (Å²) in [5, 5.41) is 1.13. The lowest BCUT2D eigenvalue weighted by Gasteiger charge is -2.38. The lowest BCUT2D eigenvalue weighted by molar-refractivity contribution is 0.230. The summed E-state index contributed by atoms with van der Waals surface area (Å²) in [6.07, 6.45) is 1.84. The van der Waals surface area contributed by atoms with Crippen molar-refractivity contribution in [3.05, 3.63) is 36.4 Å². The molecular weight excluding hydrogens is 228 g/mol. The van der Waals surface area contributed by atoms with Crippen molar-refractivity contribution in [2.75, 3.05) is 14.2 Å². The smallest absolute Gasteiger partial charge is 0.377 e. The molecule has 17 heavy (non-hydrogen) atoms. The summed E-state index contributed by atoms with van der Waals surface area (Å²) in [6, 6.07) is 8.27. The van der Waals surface area contributed by atoms with Crippen LogP contribution in [-0.4, -0.2) is 22.8 Å². The Bertz CT molecular complexity index is 372. The van der Waals surface area contributed by atoms with Crippen LogP contribution < -0.4 is 5.19 Å². The van der Waals surface area contributed by atoms with E-state index in [1.807, 2.05) is 18.2 Å². The van der Waals surface area contributed by atoms with Crippen molar-refractivity contribution in [3.63, 3.8) is 0 Å². The van der Waals surface area contributed by atoms with Crippen LogP contribution in [0, 0.1) is 0 Å². The van der Waals surface area contributed by atoms with E-state index in [-0.39, 0.29) is 5.04 Å². The molecular formula is C14H22O2Si. The molecule has 0 heterocycles. The van der Waals surface area contributed by atoms with Gasteiger partial charge in [0.2, 0.25) is 0 Å². The minimum atomic E-state index is -2.39. The van der Waals surface area contributed by atoms with Gasteiger partial charge < -0.3 is 8.85 Å². The van der Waals surface area contributed by atoms with E-state index in [4.69, 9.17) is 8.85 Å². The van der Waals surface area contributed by atoms with Crippen LogP contribution in [0.5, 0.6) is 0 Å². The minimum Gasteiger partial charge on any atom is -0.394 e. The van der Waals surface area contributed by atoms with E-state index >= 15 is 0 Å². The molecule has 1 aromatic rings. The summed E-state index contributed by atoms with van der Waals surface area (Å²) in [5.41, 5.74) is 1.11. The third-order valence-electron chi connectivity index (χ3n) is 3.09. The average Bonchev–Trinajstić information content (AvgIpc) is 2.30. The highest BCUT2D eigenvalue weighted by Crippen LogP contribution is 2.36. The van der Waals surface area contributed by atoms with Crippen molar-refractivity contribution in [2.24, 2.45) is 0 Å². The molecule has 0 N–H and O–H groups in total. The van der Waals surface area contributed by atoms with Crippen molar-refractivity contribution in [3.8, 4) is 0 Å². The predicted molar refractivity (Wildman–Crippen MR) is 75.7 cm³/mol. The first-order chi connectivity index (χ1) is 7.91. The van der Waals surface area contributed by atoms with E-state index in [2.05, 4.69) is 39.5 Å². The van der Waals surface area contributed by atoms with Gasteiger partial charge in [0.25, 0.3) is 0 Å². The second-order valence-corrected chi connectivity index (χ2v) is 9.23. The second kappa shape index (κ2) is 5.17. The van der Waals surface area contributed by atoms with Gasteiger partial charge in [-0.15, -0.1) is 0 Å². The highest BCUT2D eigenvalue weighted by atomic mass is 28.4. The molecule has 0 bridgehead atoms. The summed E-state index contributed by atoms with van der Waals surface area (Å²) in [4.78, 5) is 0. The average molecular weight is 250 g/mol. The lowest BCUT2D eigenvalue weighted by Crippen LogP contribution is -2.59. The zero-order valence-electron chi connectivity index (χ0n) is 11.4. The zero-order valence-corrected chi connectivity index (χ0v) is 12.4. The first-order valence-electron chi connectivity index (χ1n) is 5.74. The van der Waals surface area contributed by atoms with Crippen LogP contribution in [-0.2, 0) is 8.85 Å². The fraction of sp³-hybridized carbons (Fsp3) is 0.429. The fourth-order valence-electron chi connectivity index (χ4n) is 2.20. The molecule has 1 aromatic carbocycles. The SMILES string of the molecule is C=Cc1ccc([Si](OC)(OC)C(C)(C)C)cc1. The molecule has 0 spiro atoms. The number of benzene rings is 1. The van der Waals surface area contributed by atoms with Gasteiger partial charge in [0.1, 0.15) is 0 Å². The Morgan fingerprint density at radius 1 is 1.06 bits per heavy atom. The maximum absolute atomic E-state index is 5.80. The highest BCUT2D eigenvalue weighted by molar-refractivity contribution is 6.83. The Balaban J connectivity index is 3.27. The van der Waals surface area contributed by atoms with Crippen LogP contribution in [0.25, 0.3) is 6.08 Å². The molecule has 0 unspecified atom stereocenters. The molecule has 0 amide bonds. The predicted octanol–water partition coefficient (Wildman–Crippen LogP) is 3.07. The first-order valence-corrected chi connectivity index (χ1v) is 7.56. The molecule has 0 aliphatic carbocycles. The Morgan fingerprint density at radius 3 is 1.82 bits per heavy atom. The van der Waals surface area contributed by atoms with Gasteiger partial charge in [0, 0.05) is 19.3 Å². The van der Waals surface area contributed by atoms with E-state index in [0.29, 0.717) is 0 Å². The summed E-state index contributed by atoms with van der Waals surface area (Å²) >= 11 is 0. The molecule has 0 aromatic heterocycles. The maximum atomic E-state index is 5.80. The molecule has 0 aliphatic rings. The van der Waals surface area contributed by atoms with Crippen LogP contribution in [0.1, 0.15) is 26.3 Å². The van der Waals surface area contributed by atoms with Crippen molar-refractivity contribution in [2.45, 2.75) is 25.8 Å². The Kier molecular flexibility index (Phi) is 4.30. The van der Waals surface area contributed by atoms with E-state index in [1.54, 1.807) is 14.2 Å². The molecule has 0 saturated heterocycles. The molecule has 94 valence electrons. The van der Waals surface area contributed by atoms with Crippen molar-refractivity contribution >= 4 is 19.8 Å². The largest absolute Gasteiger partial charge is 0.394 e. The number of hydrogen-bond acceptors (Lipinski definition) is 2. The molecule has 3 heteroatoms. The Hall–Kier alpha value is -0.903. The topological polar surface area (TPSA) is 18.5 Å². The van der Waals surface area contributed by atoms with Crippen LogP contribution in [0.15, 0.2) is 30.8 Å². The summed E-state index contributed by atoms with van der Waals surface area (Å²) < 4.78 is 11.6. The third-order valence-corrected chi connectivity index (χ3v) is 7.31. The molecule has 0 fully saturated rings. The van der Waals surface area contributed by atoms with Crippen LogP contribution in [0.4, 0.5) is 0 Å². The Morgan fingerprint density at radius 2 is 1.53 bits per heavy atom. The van der Waals surface area contributed by atoms with Gasteiger partial charge in [-0.3, -0.25) is 0 Å². The number of rotatable bonds is 4. The van der Waals surface area contributed by atoms with Crippen LogP contribution in [0.3, 0.4) is 0 Å². The quantitative estimate of drug-likeness (QED) is 0.765. The summed E-state index contributed by atoms with van der Waals surface area (Å²) in [7, 11) is 1.09. The molecule has 2 nitrogen and oxygen atoms in total. The van der Waals surface area contributed by atoms with E-state index in [9.17, 15) is 0 Å². The van der Waals surface area contributed by atoms with E-state index in [1.165, 1.54) is 0 Å². The molecule has 0 atom stereocenters. The Labute approximate surface area is 106 Å². The van der Waals surface area contributed by atoms with Gasteiger partial charge in [-0.1, -0.05) is 57.7 Å². The maximum Gasteiger partial charge on any atom is 0.377 e. The summed E-state index contributed by atoms with van der Waals surface area (Å²) in [5.74, 6) is 0. The fourth-order valence-corrected chi connectivity index (χ4v) is 5.54. The van der Waals surface area contributed by atoms with Crippen molar-refractivity contribution in [1.29, 1.82) is 0 Å². The molecule has 1 rings (SSSR count). The third kappa shape index (κ3) is 2.51. The van der Waals surface area contributed by atoms with Gasteiger partial charge >= 0.3 is 8.56 Å². The minimum absolute atomic E-state index is 0.0216. The normalized spacial score (nSPS) is 12.5. The molecule has 0 saturated carbocycles. The van der Waals surface area contributed by atoms with E-state index in [0.717, 1.165) is 10.8 Å². The second-order valence-electron chi connectivity index (χ2n) is 5.10. The van der Waals surface area contributed by atoms with Crippen LogP contribution in [0.2, 0.25) is 5.04 Å². The van der Waals surface area contributed by atoms with Crippen molar-refractivity contribution < 1.29 is 8.85 Å². The standard InChI is InChI=1S/C14H22O2Si/c1-7-12-8-10-13(11-9-12)17(15-5,16-6)14(2,3)4/h7-11H,1H2,2-6H3. The molecule has 0 radical (unpaired) electrons. The summed E-state index contributed by atoms with van der Waals surface area (Å²) in [6.45, 7) is 10.2. The van der Waals surface area contributed by atoms with Gasteiger partial charge in [-0.05, 0) is 10.8 Å². The zero-order chi connectivity index (χ0) is 13.1. The van der Waals surface area contributed by atoms with E-state index < -0.39 is 8.56 Å².